The van der Waals surface area contributed by atoms with E-state index in [-0.39, 0.29) is 5.54 Å². The lowest BCUT2D eigenvalue weighted by molar-refractivity contribution is 0.391. The summed E-state index contributed by atoms with van der Waals surface area (Å²) in [6.07, 6.45) is 5.71. The number of pyridine rings is 1. The molecule has 1 aromatic rings. The van der Waals surface area contributed by atoms with Gasteiger partial charge in [0.2, 0.25) is 5.88 Å². The van der Waals surface area contributed by atoms with Gasteiger partial charge in [0.1, 0.15) is 0 Å². The number of hydrogen-bond acceptors (Lipinski definition) is 3. The standard InChI is InChI=1S/C11H15ClN2O/c1-15-10-8(6-9(12)7-14-10)2-3-11(13)4-5-11/h6-7H,2-5,13H2,1H3. The first kappa shape index (κ1) is 10.7. The monoisotopic (exact) mass is 226 g/mol. The smallest absolute Gasteiger partial charge is 0.216 e. The van der Waals surface area contributed by atoms with E-state index in [1.807, 2.05) is 6.07 Å². The van der Waals surface area contributed by atoms with Gasteiger partial charge in [-0.2, -0.15) is 0 Å². The average molecular weight is 227 g/mol. The van der Waals surface area contributed by atoms with Crippen LogP contribution < -0.4 is 10.5 Å². The topological polar surface area (TPSA) is 48.1 Å². The van der Waals surface area contributed by atoms with Crippen molar-refractivity contribution in [1.82, 2.24) is 4.98 Å². The number of nitrogens with zero attached hydrogens (tertiary/aromatic N) is 1. The summed E-state index contributed by atoms with van der Waals surface area (Å²) < 4.78 is 5.18. The Morgan fingerprint density at radius 3 is 2.93 bits per heavy atom. The second-order valence-electron chi connectivity index (χ2n) is 4.18. The van der Waals surface area contributed by atoms with Crippen LogP contribution in [0.1, 0.15) is 24.8 Å². The zero-order valence-electron chi connectivity index (χ0n) is 8.79. The van der Waals surface area contributed by atoms with Gasteiger partial charge >= 0.3 is 0 Å². The van der Waals surface area contributed by atoms with Crippen LogP contribution in [0.2, 0.25) is 5.02 Å². The second-order valence-corrected chi connectivity index (χ2v) is 4.62. The number of hydrogen-bond donors (Lipinski definition) is 1. The maximum Gasteiger partial charge on any atom is 0.216 e. The van der Waals surface area contributed by atoms with Gasteiger partial charge in [-0.15, -0.1) is 0 Å². The Morgan fingerprint density at radius 1 is 1.60 bits per heavy atom. The van der Waals surface area contributed by atoms with Gasteiger partial charge in [0.15, 0.2) is 0 Å². The van der Waals surface area contributed by atoms with Gasteiger partial charge in [0.05, 0.1) is 12.1 Å². The number of aromatic nitrogens is 1. The molecule has 1 heterocycles. The van der Waals surface area contributed by atoms with Crippen molar-refractivity contribution in [1.29, 1.82) is 0 Å². The van der Waals surface area contributed by atoms with E-state index in [2.05, 4.69) is 4.98 Å². The molecule has 15 heavy (non-hydrogen) atoms. The number of rotatable bonds is 4. The summed E-state index contributed by atoms with van der Waals surface area (Å²) in [5, 5.41) is 0.646. The molecule has 1 aromatic heterocycles. The van der Waals surface area contributed by atoms with Gasteiger partial charge in [-0.05, 0) is 31.7 Å². The van der Waals surface area contributed by atoms with Crippen LogP contribution in [0.5, 0.6) is 5.88 Å². The third kappa shape index (κ3) is 2.61. The van der Waals surface area contributed by atoms with Crippen molar-refractivity contribution in [2.45, 2.75) is 31.2 Å². The minimum absolute atomic E-state index is 0.0628. The van der Waals surface area contributed by atoms with E-state index >= 15 is 0 Å². The number of halogens is 1. The van der Waals surface area contributed by atoms with E-state index in [1.165, 1.54) is 0 Å². The highest BCUT2D eigenvalue weighted by Crippen LogP contribution is 2.37. The van der Waals surface area contributed by atoms with Crippen LogP contribution in [-0.4, -0.2) is 17.6 Å². The lowest BCUT2D eigenvalue weighted by Gasteiger charge is -2.10. The van der Waals surface area contributed by atoms with E-state index in [0.717, 1.165) is 31.2 Å². The lowest BCUT2D eigenvalue weighted by atomic mass is 10.1. The van der Waals surface area contributed by atoms with Crippen molar-refractivity contribution in [3.8, 4) is 5.88 Å². The Balaban J connectivity index is 2.08. The fraction of sp³-hybridized carbons (Fsp3) is 0.545. The molecule has 82 valence electrons. The maximum atomic E-state index is 6.03. The molecule has 0 aliphatic heterocycles. The van der Waals surface area contributed by atoms with Crippen molar-refractivity contribution >= 4 is 11.6 Å². The Morgan fingerprint density at radius 2 is 2.33 bits per heavy atom. The van der Waals surface area contributed by atoms with E-state index in [0.29, 0.717) is 10.9 Å². The number of ether oxygens (including phenoxy) is 1. The molecule has 1 fully saturated rings. The van der Waals surface area contributed by atoms with E-state index in [4.69, 9.17) is 22.1 Å². The zero-order valence-corrected chi connectivity index (χ0v) is 9.55. The lowest BCUT2D eigenvalue weighted by Crippen LogP contribution is -2.22. The number of nitrogens with two attached hydrogens (primary N) is 1. The second kappa shape index (κ2) is 3.99. The molecule has 2 N–H and O–H groups in total. The van der Waals surface area contributed by atoms with Gasteiger partial charge in [-0.3, -0.25) is 0 Å². The summed E-state index contributed by atoms with van der Waals surface area (Å²) in [5.74, 6) is 0.656. The summed E-state index contributed by atoms with van der Waals surface area (Å²) in [6, 6.07) is 1.90. The molecule has 3 nitrogen and oxygen atoms in total. The highest BCUT2D eigenvalue weighted by atomic mass is 35.5. The average Bonchev–Trinajstić information content (AvgIpc) is 2.95. The molecule has 1 saturated carbocycles. The molecule has 4 heteroatoms. The SMILES string of the molecule is COc1ncc(Cl)cc1CCC1(N)CC1. The van der Waals surface area contributed by atoms with Crippen LogP contribution >= 0.6 is 11.6 Å². The molecule has 0 atom stereocenters. The Labute approximate surface area is 94.6 Å². The first-order chi connectivity index (χ1) is 7.13. The van der Waals surface area contributed by atoms with E-state index in [9.17, 15) is 0 Å². The number of aryl methyl sites for hydroxylation is 1. The van der Waals surface area contributed by atoms with Crippen molar-refractivity contribution in [3.63, 3.8) is 0 Å². The van der Waals surface area contributed by atoms with Crippen molar-refractivity contribution in [2.75, 3.05) is 7.11 Å². The highest BCUT2D eigenvalue weighted by molar-refractivity contribution is 6.30. The predicted molar refractivity (Wildman–Crippen MR) is 60.3 cm³/mol. The molecule has 0 unspecified atom stereocenters. The van der Waals surface area contributed by atoms with Gasteiger partial charge in [0, 0.05) is 17.3 Å². The largest absolute Gasteiger partial charge is 0.481 e. The highest BCUT2D eigenvalue weighted by Gasteiger charge is 2.37. The Bertz CT molecular complexity index is 364. The molecule has 1 aliphatic rings. The van der Waals surface area contributed by atoms with Crippen LogP contribution in [0.4, 0.5) is 0 Å². The van der Waals surface area contributed by atoms with Crippen LogP contribution in [0.25, 0.3) is 0 Å². The first-order valence-electron chi connectivity index (χ1n) is 5.10. The van der Waals surface area contributed by atoms with Gasteiger partial charge in [-0.1, -0.05) is 11.6 Å². The van der Waals surface area contributed by atoms with E-state index in [1.54, 1.807) is 13.3 Å². The third-order valence-corrected chi connectivity index (χ3v) is 3.08. The summed E-state index contributed by atoms with van der Waals surface area (Å²) in [7, 11) is 1.62. The van der Waals surface area contributed by atoms with Crippen molar-refractivity contribution in [2.24, 2.45) is 5.73 Å². The van der Waals surface area contributed by atoms with Gasteiger partial charge in [-0.25, -0.2) is 4.98 Å². The summed E-state index contributed by atoms with van der Waals surface area (Å²) >= 11 is 5.89. The maximum absolute atomic E-state index is 6.03. The molecule has 0 bridgehead atoms. The molecular formula is C11H15ClN2O. The van der Waals surface area contributed by atoms with Gasteiger partial charge < -0.3 is 10.5 Å². The van der Waals surface area contributed by atoms with Crippen LogP contribution in [0, 0.1) is 0 Å². The third-order valence-electron chi connectivity index (χ3n) is 2.87. The van der Waals surface area contributed by atoms with Crippen molar-refractivity contribution in [3.05, 3.63) is 22.8 Å². The summed E-state index contributed by atoms with van der Waals surface area (Å²) in [4.78, 5) is 4.12. The first-order valence-corrected chi connectivity index (χ1v) is 5.48. The van der Waals surface area contributed by atoms with Crippen LogP contribution in [0.15, 0.2) is 12.3 Å². The Kier molecular flexibility index (Phi) is 2.85. The molecule has 0 amide bonds. The van der Waals surface area contributed by atoms with Crippen molar-refractivity contribution < 1.29 is 4.74 Å². The number of methoxy groups -OCH3 is 1. The molecular weight excluding hydrogens is 212 g/mol. The molecule has 0 saturated heterocycles. The molecule has 0 spiro atoms. The molecule has 0 radical (unpaired) electrons. The zero-order chi connectivity index (χ0) is 10.9. The predicted octanol–water partition coefficient (Wildman–Crippen LogP) is 2.17. The molecule has 1 aliphatic carbocycles. The van der Waals surface area contributed by atoms with E-state index < -0.39 is 0 Å². The summed E-state index contributed by atoms with van der Waals surface area (Å²) in [5.41, 5.74) is 7.14. The molecule has 2 rings (SSSR count). The normalized spacial score (nSPS) is 17.5. The fourth-order valence-electron chi connectivity index (χ4n) is 1.63. The quantitative estimate of drug-likeness (QED) is 0.856. The van der Waals surface area contributed by atoms with Crippen LogP contribution in [-0.2, 0) is 6.42 Å². The fourth-order valence-corrected chi connectivity index (χ4v) is 1.81. The minimum atomic E-state index is 0.0628. The Hall–Kier alpha value is -0.800. The summed E-state index contributed by atoms with van der Waals surface area (Å²) in [6.45, 7) is 0. The molecule has 0 aromatic carbocycles. The van der Waals surface area contributed by atoms with Gasteiger partial charge in [0.25, 0.3) is 0 Å². The van der Waals surface area contributed by atoms with Crippen LogP contribution in [0.3, 0.4) is 0 Å². The minimum Gasteiger partial charge on any atom is -0.481 e.